The van der Waals surface area contributed by atoms with Crippen LogP contribution in [0.2, 0.25) is 0 Å². The number of aliphatic hydroxyl groups is 1. The third-order valence-corrected chi connectivity index (χ3v) is 5.72. The van der Waals surface area contributed by atoms with Crippen LogP contribution in [-0.2, 0) is 16.6 Å². The molecule has 7 heteroatoms. The fourth-order valence-corrected chi connectivity index (χ4v) is 4.22. The number of thiophene rings is 1. The maximum absolute atomic E-state index is 12.2. The SMILES string of the molecule is Cc1csc(CO)c1S(=O)(=O)NCC(C)N(C)C. The van der Waals surface area contributed by atoms with Crippen LogP contribution in [0, 0.1) is 6.92 Å². The minimum Gasteiger partial charge on any atom is -0.391 e. The Morgan fingerprint density at radius 3 is 2.61 bits per heavy atom. The second kappa shape index (κ2) is 6.12. The zero-order chi connectivity index (χ0) is 13.9. The molecule has 0 saturated carbocycles. The minimum absolute atomic E-state index is 0.108. The van der Waals surface area contributed by atoms with Gasteiger partial charge in [0.15, 0.2) is 0 Å². The van der Waals surface area contributed by atoms with E-state index in [1.807, 2.05) is 25.9 Å². The van der Waals surface area contributed by atoms with Gasteiger partial charge in [-0.2, -0.15) is 0 Å². The molecule has 18 heavy (non-hydrogen) atoms. The molecule has 0 spiro atoms. The van der Waals surface area contributed by atoms with E-state index in [1.165, 1.54) is 11.3 Å². The Bertz CT molecular complexity index is 494. The van der Waals surface area contributed by atoms with E-state index < -0.39 is 10.0 Å². The summed E-state index contributed by atoms with van der Waals surface area (Å²) in [7, 11) is 0.248. The number of hydrogen-bond donors (Lipinski definition) is 2. The molecule has 0 aliphatic carbocycles. The molecular weight excluding hydrogens is 272 g/mol. The Balaban J connectivity index is 2.90. The standard InChI is InChI=1S/C11H20N2O3S2/c1-8-7-17-10(6-14)11(8)18(15,16)12-5-9(2)13(3)4/h7,9,12,14H,5-6H2,1-4H3. The molecule has 0 aromatic carbocycles. The predicted octanol–water partition coefficient (Wildman–Crippen LogP) is 0.777. The Kier molecular flexibility index (Phi) is 5.30. The third kappa shape index (κ3) is 3.52. The van der Waals surface area contributed by atoms with Crippen LogP contribution in [0.4, 0.5) is 0 Å². The fourth-order valence-electron chi connectivity index (χ4n) is 1.44. The van der Waals surface area contributed by atoms with Crippen molar-refractivity contribution in [3.63, 3.8) is 0 Å². The van der Waals surface area contributed by atoms with Crippen molar-refractivity contribution in [2.45, 2.75) is 31.4 Å². The molecule has 0 amide bonds. The van der Waals surface area contributed by atoms with Crippen molar-refractivity contribution in [1.29, 1.82) is 0 Å². The van der Waals surface area contributed by atoms with Gasteiger partial charge in [0.05, 0.1) is 11.5 Å². The average molecular weight is 292 g/mol. The maximum atomic E-state index is 12.2. The number of hydrogen-bond acceptors (Lipinski definition) is 5. The smallest absolute Gasteiger partial charge is 0.242 e. The van der Waals surface area contributed by atoms with Gasteiger partial charge in [-0.3, -0.25) is 0 Å². The average Bonchev–Trinajstić information content (AvgIpc) is 2.67. The molecule has 0 saturated heterocycles. The first kappa shape index (κ1) is 15.6. The van der Waals surface area contributed by atoms with Crippen LogP contribution in [-0.4, -0.2) is 45.1 Å². The van der Waals surface area contributed by atoms with Crippen molar-refractivity contribution in [2.24, 2.45) is 0 Å². The van der Waals surface area contributed by atoms with E-state index in [-0.39, 0.29) is 17.5 Å². The van der Waals surface area contributed by atoms with Gasteiger partial charge in [-0.15, -0.1) is 11.3 Å². The summed E-state index contributed by atoms with van der Waals surface area (Å²) in [6.07, 6.45) is 0. The topological polar surface area (TPSA) is 69.6 Å². The lowest BCUT2D eigenvalue weighted by molar-refractivity contribution is 0.282. The Morgan fingerprint density at radius 1 is 1.50 bits per heavy atom. The molecule has 1 rings (SSSR count). The highest BCUT2D eigenvalue weighted by Crippen LogP contribution is 2.26. The molecule has 0 bridgehead atoms. The normalized spacial score (nSPS) is 14.1. The molecule has 1 aromatic heterocycles. The van der Waals surface area contributed by atoms with E-state index >= 15 is 0 Å². The molecule has 2 N–H and O–H groups in total. The highest BCUT2D eigenvalue weighted by molar-refractivity contribution is 7.89. The molecule has 0 fully saturated rings. The summed E-state index contributed by atoms with van der Waals surface area (Å²) in [4.78, 5) is 2.65. The van der Waals surface area contributed by atoms with E-state index in [1.54, 1.807) is 12.3 Å². The summed E-state index contributed by atoms with van der Waals surface area (Å²) < 4.78 is 27.0. The van der Waals surface area contributed by atoms with Crippen molar-refractivity contribution >= 4 is 21.4 Å². The van der Waals surface area contributed by atoms with Crippen LogP contribution in [0.1, 0.15) is 17.4 Å². The largest absolute Gasteiger partial charge is 0.391 e. The van der Waals surface area contributed by atoms with Gasteiger partial charge in [0.1, 0.15) is 4.90 Å². The lowest BCUT2D eigenvalue weighted by Gasteiger charge is -2.20. The summed E-state index contributed by atoms with van der Waals surface area (Å²) in [6.45, 7) is 3.77. The number of aryl methyl sites for hydroxylation is 1. The lowest BCUT2D eigenvalue weighted by atomic mass is 10.3. The van der Waals surface area contributed by atoms with Crippen LogP contribution in [0.15, 0.2) is 10.3 Å². The molecule has 1 heterocycles. The van der Waals surface area contributed by atoms with E-state index in [4.69, 9.17) is 0 Å². The Hall–Kier alpha value is -0.470. The minimum atomic E-state index is -3.55. The number of likely N-dealkylation sites (N-methyl/N-ethyl adjacent to an activating group) is 1. The van der Waals surface area contributed by atoms with Gasteiger partial charge < -0.3 is 10.0 Å². The van der Waals surface area contributed by atoms with E-state index in [0.29, 0.717) is 17.0 Å². The van der Waals surface area contributed by atoms with Crippen molar-refractivity contribution in [3.05, 3.63) is 15.8 Å². The first-order valence-electron chi connectivity index (χ1n) is 5.63. The van der Waals surface area contributed by atoms with Crippen molar-refractivity contribution in [1.82, 2.24) is 9.62 Å². The number of nitrogens with one attached hydrogen (secondary N) is 1. The summed E-state index contributed by atoms with van der Waals surface area (Å²) >= 11 is 1.26. The van der Waals surface area contributed by atoms with Gasteiger partial charge in [0, 0.05) is 12.6 Å². The van der Waals surface area contributed by atoms with Crippen LogP contribution < -0.4 is 4.72 Å². The quantitative estimate of drug-likeness (QED) is 0.813. The molecule has 1 aromatic rings. The highest BCUT2D eigenvalue weighted by Gasteiger charge is 2.23. The van der Waals surface area contributed by atoms with E-state index in [0.717, 1.165) is 0 Å². The number of sulfonamides is 1. The summed E-state index contributed by atoms with van der Waals surface area (Å²) in [5.74, 6) is 0. The number of nitrogens with zero attached hydrogens (tertiary/aromatic N) is 1. The molecule has 5 nitrogen and oxygen atoms in total. The van der Waals surface area contributed by atoms with Crippen LogP contribution in [0.3, 0.4) is 0 Å². The van der Waals surface area contributed by atoms with Crippen LogP contribution in [0.5, 0.6) is 0 Å². The first-order valence-corrected chi connectivity index (χ1v) is 7.99. The highest BCUT2D eigenvalue weighted by atomic mass is 32.2. The Morgan fingerprint density at radius 2 is 2.11 bits per heavy atom. The molecule has 0 aliphatic rings. The van der Waals surface area contributed by atoms with Gasteiger partial charge in [0.2, 0.25) is 10.0 Å². The second-order valence-electron chi connectivity index (χ2n) is 4.49. The van der Waals surface area contributed by atoms with Crippen molar-refractivity contribution < 1.29 is 13.5 Å². The summed E-state index contributed by atoms with van der Waals surface area (Å²) in [6, 6.07) is 0.108. The molecule has 1 unspecified atom stereocenters. The summed E-state index contributed by atoms with van der Waals surface area (Å²) in [5.41, 5.74) is 0.675. The van der Waals surface area contributed by atoms with Gasteiger partial charge in [-0.1, -0.05) is 0 Å². The monoisotopic (exact) mass is 292 g/mol. The Labute approximate surface area is 112 Å². The molecule has 104 valence electrons. The molecular formula is C11H20N2O3S2. The summed E-state index contributed by atoms with van der Waals surface area (Å²) in [5, 5.41) is 10.9. The fraction of sp³-hybridized carbons (Fsp3) is 0.636. The maximum Gasteiger partial charge on any atom is 0.242 e. The van der Waals surface area contributed by atoms with E-state index in [9.17, 15) is 13.5 Å². The van der Waals surface area contributed by atoms with E-state index in [2.05, 4.69) is 4.72 Å². The number of rotatable bonds is 6. The van der Waals surface area contributed by atoms with Crippen LogP contribution in [0.25, 0.3) is 0 Å². The van der Waals surface area contributed by atoms with Crippen molar-refractivity contribution in [3.8, 4) is 0 Å². The lowest BCUT2D eigenvalue weighted by Crippen LogP contribution is -2.38. The van der Waals surface area contributed by atoms with Crippen molar-refractivity contribution in [2.75, 3.05) is 20.6 Å². The molecule has 0 aliphatic heterocycles. The zero-order valence-corrected chi connectivity index (χ0v) is 12.7. The third-order valence-electron chi connectivity index (χ3n) is 2.85. The van der Waals surface area contributed by atoms with Gasteiger partial charge in [-0.25, -0.2) is 13.1 Å². The van der Waals surface area contributed by atoms with Gasteiger partial charge in [0.25, 0.3) is 0 Å². The van der Waals surface area contributed by atoms with Gasteiger partial charge >= 0.3 is 0 Å². The molecule has 0 radical (unpaired) electrons. The van der Waals surface area contributed by atoms with Gasteiger partial charge in [-0.05, 0) is 38.9 Å². The second-order valence-corrected chi connectivity index (χ2v) is 7.16. The number of aliphatic hydroxyl groups excluding tert-OH is 1. The van der Waals surface area contributed by atoms with Crippen LogP contribution >= 0.6 is 11.3 Å². The predicted molar refractivity (Wildman–Crippen MR) is 73.3 cm³/mol. The first-order chi connectivity index (χ1) is 8.29. The molecule has 1 atom stereocenters. The zero-order valence-electron chi connectivity index (χ0n) is 11.1.